The van der Waals surface area contributed by atoms with E-state index in [1.807, 2.05) is 0 Å². The lowest BCUT2D eigenvalue weighted by Crippen LogP contribution is -2.09. The van der Waals surface area contributed by atoms with Gasteiger partial charge in [0.25, 0.3) is 0 Å². The summed E-state index contributed by atoms with van der Waals surface area (Å²) in [7, 11) is 0. The number of benzene rings is 1. The van der Waals surface area contributed by atoms with Crippen LogP contribution in [0.1, 0.15) is 11.6 Å². The SMILES string of the molecule is NC([C]=S)c1ccc(O)c(O)c1. The van der Waals surface area contributed by atoms with Crippen molar-refractivity contribution in [2.75, 3.05) is 0 Å². The Morgan fingerprint density at radius 2 is 2.00 bits per heavy atom. The van der Waals surface area contributed by atoms with Crippen LogP contribution in [0.15, 0.2) is 18.2 Å². The lowest BCUT2D eigenvalue weighted by atomic mass is 10.1. The summed E-state index contributed by atoms with van der Waals surface area (Å²) in [6.07, 6.45) is 0. The van der Waals surface area contributed by atoms with Gasteiger partial charge in [0.15, 0.2) is 11.5 Å². The molecule has 0 aliphatic rings. The first kappa shape index (κ1) is 8.96. The Labute approximate surface area is 75.4 Å². The normalized spacial score (nSPS) is 12.4. The van der Waals surface area contributed by atoms with Gasteiger partial charge in [-0.05, 0) is 17.7 Å². The second-order valence-electron chi connectivity index (χ2n) is 2.34. The predicted molar refractivity (Wildman–Crippen MR) is 49.3 cm³/mol. The minimum atomic E-state index is -0.508. The Morgan fingerprint density at radius 3 is 2.50 bits per heavy atom. The van der Waals surface area contributed by atoms with Gasteiger partial charge in [0.1, 0.15) is 0 Å². The fourth-order valence-corrected chi connectivity index (χ4v) is 0.938. The standard InChI is InChI=1S/C8H8NO2S/c9-6(4-12)5-1-2-7(10)8(11)3-5/h1-3,6,10-11H,9H2. The molecule has 0 amide bonds. The number of aromatic hydroxyl groups is 2. The number of phenols is 2. The molecule has 0 aromatic heterocycles. The Bertz CT molecular complexity index is 301. The molecule has 0 fully saturated rings. The second kappa shape index (κ2) is 3.51. The molecule has 0 aliphatic heterocycles. The van der Waals surface area contributed by atoms with E-state index in [4.69, 9.17) is 15.9 Å². The molecule has 0 aliphatic carbocycles. The average molecular weight is 182 g/mol. The van der Waals surface area contributed by atoms with Gasteiger partial charge in [-0.25, -0.2) is 0 Å². The van der Waals surface area contributed by atoms with Crippen LogP contribution in [0.4, 0.5) is 0 Å². The van der Waals surface area contributed by atoms with Gasteiger partial charge in [-0.3, -0.25) is 0 Å². The highest BCUT2D eigenvalue weighted by atomic mass is 32.1. The Kier molecular flexibility index (Phi) is 2.62. The molecule has 0 heterocycles. The third-order valence-corrected chi connectivity index (χ3v) is 1.74. The molecule has 0 saturated carbocycles. The summed E-state index contributed by atoms with van der Waals surface area (Å²) in [5.74, 6) is -0.372. The maximum atomic E-state index is 9.08. The first-order valence-corrected chi connectivity index (χ1v) is 3.71. The fraction of sp³-hybridized carbons (Fsp3) is 0.125. The average Bonchev–Trinajstić information content (AvgIpc) is 2.08. The molecule has 4 heteroatoms. The lowest BCUT2D eigenvalue weighted by Gasteiger charge is -2.05. The van der Waals surface area contributed by atoms with Crippen LogP contribution in [0.25, 0.3) is 0 Å². The van der Waals surface area contributed by atoms with E-state index in [0.717, 1.165) is 0 Å². The zero-order valence-corrected chi connectivity index (χ0v) is 7.01. The van der Waals surface area contributed by atoms with E-state index >= 15 is 0 Å². The number of phenolic OH excluding ortho intramolecular Hbond substituents is 2. The summed E-state index contributed by atoms with van der Waals surface area (Å²) in [6.45, 7) is 0. The number of hydrogen-bond acceptors (Lipinski definition) is 4. The monoisotopic (exact) mass is 182 g/mol. The van der Waals surface area contributed by atoms with Crippen molar-refractivity contribution in [3.8, 4) is 11.5 Å². The summed E-state index contributed by atoms with van der Waals surface area (Å²) in [5, 5.41) is 20.4. The van der Waals surface area contributed by atoms with Gasteiger partial charge < -0.3 is 15.9 Å². The number of hydrogen-bond donors (Lipinski definition) is 3. The van der Waals surface area contributed by atoms with Crippen LogP contribution in [0.3, 0.4) is 0 Å². The smallest absolute Gasteiger partial charge is 0.157 e. The van der Waals surface area contributed by atoms with Gasteiger partial charge >= 0.3 is 0 Å². The van der Waals surface area contributed by atoms with Crippen molar-refractivity contribution in [3.05, 3.63) is 23.8 Å². The largest absolute Gasteiger partial charge is 0.504 e. The molecule has 3 nitrogen and oxygen atoms in total. The van der Waals surface area contributed by atoms with Crippen molar-refractivity contribution in [3.63, 3.8) is 0 Å². The van der Waals surface area contributed by atoms with E-state index in [0.29, 0.717) is 5.56 Å². The third-order valence-electron chi connectivity index (χ3n) is 1.49. The summed E-state index contributed by atoms with van der Waals surface area (Å²) >= 11 is 4.51. The summed E-state index contributed by atoms with van der Waals surface area (Å²) < 4.78 is 0. The van der Waals surface area contributed by atoms with Crippen molar-refractivity contribution in [1.29, 1.82) is 0 Å². The van der Waals surface area contributed by atoms with Crippen LogP contribution in [-0.4, -0.2) is 15.6 Å². The van der Waals surface area contributed by atoms with Gasteiger partial charge in [0, 0.05) is 0 Å². The van der Waals surface area contributed by atoms with Crippen molar-refractivity contribution in [2.45, 2.75) is 6.04 Å². The molecule has 1 aromatic rings. The minimum absolute atomic E-state index is 0.171. The molecule has 63 valence electrons. The minimum Gasteiger partial charge on any atom is -0.504 e. The first-order chi connectivity index (χ1) is 5.65. The van der Waals surface area contributed by atoms with Crippen molar-refractivity contribution < 1.29 is 10.2 Å². The maximum absolute atomic E-state index is 9.08. The van der Waals surface area contributed by atoms with Gasteiger partial charge in [-0.1, -0.05) is 18.3 Å². The van der Waals surface area contributed by atoms with Crippen LogP contribution in [0.5, 0.6) is 11.5 Å². The quantitative estimate of drug-likeness (QED) is 0.471. The van der Waals surface area contributed by atoms with Crippen LogP contribution in [0, 0.1) is 0 Å². The Hall–Kier alpha value is -1.13. The van der Waals surface area contributed by atoms with Crippen molar-refractivity contribution in [1.82, 2.24) is 0 Å². The van der Waals surface area contributed by atoms with Gasteiger partial charge in [0.2, 0.25) is 0 Å². The molecule has 1 unspecified atom stereocenters. The second-order valence-corrected chi connectivity index (χ2v) is 2.58. The van der Waals surface area contributed by atoms with E-state index in [-0.39, 0.29) is 11.5 Å². The topological polar surface area (TPSA) is 66.5 Å². The Morgan fingerprint density at radius 1 is 1.33 bits per heavy atom. The molecule has 1 atom stereocenters. The number of nitrogens with two attached hydrogens (primary N) is 1. The molecular weight excluding hydrogens is 174 g/mol. The van der Waals surface area contributed by atoms with E-state index < -0.39 is 6.04 Å². The molecule has 0 spiro atoms. The molecule has 12 heavy (non-hydrogen) atoms. The number of rotatable bonds is 2. The van der Waals surface area contributed by atoms with E-state index in [9.17, 15) is 0 Å². The van der Waals surface area contributed by atoms with E-state index in [1.54, 1.807) is 6.07 Å². The van der Waals surface area contributed by atoms with Crippen LogP contribution >= 0.6 is 12.2 Å². The Balaban J connectivity index is 3.04. The maximum Gasteiger partial charge on any atom is 0.157 e. The zero-order chi connectivity index (χ0) is 9.14. The first-order valence-electron chi connectivity index (χ1n) is 3.30. The van der Waals surface area contributed by atoms with Gasteiger partial charge in [-0.2, -0.15) is 0 Å². The lowest BCUT2D eigenvalue weighted by molar-refractivity contribution is 0.403. The molecular formula is C8H8NO2S. The summed E-state index contributed by atoms with van der Waals surface area (Å²) in [6, 6.07) is 3.79. The highest BCUT2D eigenvalue weighted by Gasteiger charge is 2.05. The zero-order valence-electron chi connectivity index (χ0n) is 6.19. The summed E-state index contributed by atoms with van der Waals surface area (Å²) in [5.41, 5.74) is 6.13. The molecule has 1 radical (unpaired) electrons. The molecule has 1 rings (SSSR count). The third kappa shape index (κ3) is 1.72. The van der Waals surface area contributed by atoms with E-state index in [1.165, 1.54) is 12.1 Å². The highest BCUT2D eigenvalue weighted by Crippen LogP contribution is 2.26. The predicted octanol–water partition coefficient (Wildman–Crippen LogP) is 0.974. The highest BCUT2D eigenvalue weighted by molar-refractivity contribution is 7.79. The molecule has 0 bridgehead atoms. The van der Waals surface area contributed by atoms with E-state index in [2.05, 4.69) is 17.6 Å². The molecule has 0 saturated heterocycles. The molecule has 4 N–H and O–H groups in total. The molecule has 1 aromatic carbocycles. The van der Waals surface area contributed by atoms with Crippen molar-refractivity contribution in [2.24, 2.45) is 5.73 Å². The number of thiocarbonyl (C=S) groups is 1. The fourth-order valence-electron chi connectivity index (χ4n) is 0.802. The summed E-state index contributed by atoms with van der Waals surface area (Å²) in [4.78, 5) is 0. The van der Waals surface area contributed by atoms with Gasteiger partial charge in [-0.15, -0.1) is 0 Å². The van der Waals surface area contributed by atoms with Crippen LogP contribution in [0.2, 0.25) is 0 Å². The van der Waals surface area contributed by atoms with Crippen LogP contribution in [-0.2, 0) is 0 Å². The van der Waals surface area contributed by atoms with Crippen LogP contribution < -0.4 is 5.73 Å². The van der Waals surface area contributed by atoms with Gasteiger partial charge in [0.05, 0.1) is 11.4 Å². The van der Waals surface area contributed by atoms with Crippen molar-refractivity contribution >= 4 is 17.6 Å².